The van der Waals surface area contributed by atoms with Gasteiger partial charge in [0, 0.05) is 37.7 Å². The Morgan fingerprint density at radius 1 is 1.12 bits per heavy atom. The third-order valence-corrected chi connectivity index (χ3v) is 8.56. The lowest BCUT2D eigenvalue weighted by atomic mass is 9.57. The Hall–Kier alpha value is -3.90. The lowest BCUT2D eigenvalue weighted by Crippen LogP contribution is -2.65. The monoisotopic (exact) mass is 584 g/mol. The number of nitrogens with zero attached hydrogens (tertiary/aromatic N) is 2. The first-order valence-electron chi connectivity index (χ1n) is 13.8. The van der Waals surface area contributed by atoms with Crippen LogP contribution in [-0.2, 0) is 25.6 Å². The number of nitrogens with one attached hydrogen (secondary N) is 1. The van der Waals surface area contributed by atoms with Crippen LogP contribution in [0.5, 0.6) is 5.75 Å². The number of aliphatic hydroxyl groups excluding tert-OH is 2. The molecule has 1 aromatic carbocycles. The minimum atomic E-state index is -2.72. The zero-order valence-electron chi connectivity index (χ0n) is 25.0. The van der Waals surface area contributed by atoms with E-state index in [0.29, 0.717) is 17.7 Å². The van der Waals surface area contributed by atoms with E-state index in [9.17, 15) is 39.6 Å². The van der Waals surface area contributed by atoms with Crippen molar-refractivity contribution >= 4 is 40.5 Å². The second kappa shape index (κ2) is 10.4. The summed E-state index contributed by atoms with van der Waals surface area (Å²) in [6.45, 7) is 6.01. The van der Waals surface area contributed by atoms with Gasteiger partial charge in [0.05, 0.1) is 17.3 Å². The number of phenols is 1. The molecule has 42 heavy (non-hydrogen) atoms. The van der Waals surface area contributed by atoms with Crippen LogP contribution in [0.15, 0.2) is 23.0 Å². The number of phenolic OH excluding ortho intramolecular Hbond substituents is 1. The van der Waals surface area contributed by atoms with Crippen LogP contribution in [-0.4, -0.2) is 88.5 Å². The van der Waals surface area contributed by atoms with E-state index in [1.54, 1.807) is 39.2 Å². The molecule has 12 nitrogen and oxygen atoms in total. The standard InChI is InChI=1S/C30H40N4O8/c1-29(2,3)9-8-18(35)32-16-12-17(33(4)5)14-10-13-11-15-22(34(6)7)25(38)21(28(31)41)27(40)30(15,42)26(39)19(13)24(37)20(14)23(16)36/h12-13,15,22,36-37,40,42H,8-11H2,1-7H3,(H2,31,41)(H,32,35)/t13-,15-,22-,30+/m1/s1. The topological polar surface area (TPSA) is 194 Å². The molecule has 3 aliphatic carbocycles. The molecule has 0 bridgehead atoms. The summed E-state index contributed by atoms with van der Waals surface area (Å²) in [6.07, 6.45) is 0.925. The van der Waals surface area contributed by atoms with Crippen molar-refractivity contribution in [1.82, 2.24) is 4.90 Å². The predicted octanol–water partition coefficient (Wildman–Crippen LogP) is 1.79. The summed E-state index contributed by atoms with van der Waals surface area (Å²) < 4.78 is 0. The van der Waals surface area contributed by atoms with Crippen LogP contribution in [0.3, 0.4) is 0 Å². The number of likely N-dealkylation sites (N-methyl/N-ethyl adjacent to an activating group) is 1. The molecular weight excluding hydrogens is 544 g/mol. The SMILES string of the molecule is CN(C)c1cc(NC(=O)CCC(C)(C)C)c(O)c2c1C[C@@H]1C[C@@H]3[C@@H](N(C)C)C(=O)C(C(N)=O)=C(O)[C@@]3(O)C(=O)C1=C2O. The summed E-state index contributed by atoms with van der Waals surface area (Å²) in [7, 11) is 6.61. The first-order valence-corrected chi connectivity index (χ1v) is 13.8. The number of primary amides is 1. The quantitative estimate of drug-likeness (QED) is 0.212. The maximum Gasteiger partial charge on any atom is 0.255 e. The van der Waals surface area contributed by atoms with Crippen molar-refractivity contribution in [2.24, 2.45) is 23.0 Å². The van der Waals surface area contributed by atoms with Crippen molar-refractivity contribution in [3.63, 3.8) is 0 Å². The number of hydrogen-bond donors (Lipinski definition) is 6. The highest BCUT2D eigenvalue weighted by molar-refractivity contribution is 6.24. The summed E-state index contributed by atoms with van der Waals surface area (Å²) in [4.78, 5) is 55.4. The van der Waals surface area contributed by atoms with E-state index in [4.69, 9.17) is 5.73 Å². The van der Waals surface area contributed by atoms with Crippen LogP contribution in [0.25, 0.3) is 5.76 Å². The Morgan fingerprint density at radius 2 is 1.74 bits per heavy atom. The van der Waals surface area contributed by atoms with Gasteiger partial charge < -0.3 is 36.4 Å². The summed E-state index contributed by atoms with van der Waals surface area (Å²) in [5.74, 6) is -7.59. The third kappa shape index (κ3) is 4.82. The number of aliphatic hydroxyl groups is 3. The molecule has 0 spiro atoms. The highest BCUT2D eigenvalue weighted by Crippen LogP contribution is 2.54. The van der Waals surface area contributed by atoms with E-state index < -0.39 is 63.8 Å². The predicted molar refractivity (Wildman–Crippen MR) is 156 cm³/mol. The van der Waals surface area contributed by atoms with Crippen LogP contribution in [0.4, 0.5) is 11.4 Å². The van der Waals surface area contributed by atoms with E-state index >= 15 is 0 Å². The second-order valence-electron chi connectivity index (χ2n) is 13.1. The van der Waals surface area contributed by atoms with Gasteiger partial charge in [-0.1, -0.05) is 20.8 Å². The molecule has 12 heteroatoms. The lowest BCUT2D eigenvalue weighted by Gasteiger charge is -2.50. The molecule has 0 unspecified atom stereocenters. The Bertz CT molecular complexity index is 1450. The molecule has 2 amide bonds. The molecule has 0 radical (unpaired) electrons. The van der Waals surface area contributed by atoms with Gasteiger partial charge in [-0.3, -0.25) is 24.1 Å². The normalized spacial score (nSPS) is 25.7. The van der Waals surface area contributed by atoms with Crippen molar-refractivity contribution in [2.45, 2.75) is 58.1 Å². The van der Waals surface area contributed by atoms with Crippen molar-refractivity contribution in [3.8, 4) is 5.75 Å². The number of aromatic hydroxyl groups is 1. The molecule has 228 valence electrons. The van der Waals surface area contributed by atoms with Gasteiger partial charge in [0.2, 0.25) is 11.7 Å². The number of benzene rings is 1. The van der Waals surface area contributed by atoms with Crippen LogP contribution in [0.1, 0.15) is 51.2 Å². The molecule has 1 fully saturated rings. The summed E-state index contributed by atoms with van der Waals surface area (Å²) in [5.41, 5.74) is 2.49. The summed E-state index contributed by atoms with van der Waals surface area (Å²) in [5, 5.41) is 48.4. The fourth-order valence-corrected chi connectivity index (χ4v) is 6.49. The third-order valence-electron chi connectivity index (χ3n) is 8.56. The average Bonchev–Trinajstić information content (AvgIpc) is 2.85. The van der Waals surface area contributed by atoms with Gasteiger partial charge >= 0.3 is 0 Å². The van der Waals surface area contributed by atoms with E-state index in [-0.39, 0.29) is 47.4 Å². The average molecular weight is 585 g/mol. The number of nitrogens with two attached hydrogens (primary N) is 1. The van der Waals surface area contributed by atoms with Gasteiger partial charge in [0.1, 0.15) is 22.8 Å². The number of ketones is 2. The number of anilines is 2. The van der Waals surface area contributed by atoms with Gasteiger partial charge in [0.25, 0.3) is 5.91 Å². The number of rotatable bonds is 6. The van der Waals surface area contributed by atoms with Crippen LogP contribution >= 0.6 is 0 Å². The van der Waals surface area contributed by atoms with Gasteiger partial charge in [-0.2, -0.15) is 0 Å². The second-order valence-corrected chi connectivity index (χ2v) is 13.1. The Kier molecular flexibility index (Phi) is 7.71. The van der Waals surface area contributed by atoms with Crippen molar-refractivity contribution in [1.29, 1.82) is 0 Å². The van der Waals surface area contributed by atoms with Gasteiger partial charge in [0.15, 0.2) is 11.4 Å². The number of carbonyl (C=O) groups is 4. The van der Waals surface area contributed by atoms with Gasteiger partial charge in [-0.15, -0.1) is 0 Å². The number of amides is 2. The van der Waals surface area contributed by atoms with Crippen LogP contribution < -0.4 is 16.0 Å². The minimum absolute atomic E-state index is 0.00924. The molecule has 7 N–H and O–H groups in total. The number of fused-ring (bicyclic) bond motifs is 3. The van der Waals surface area contributed by atoms with Crippen LogP contribution in [0, 0.1) is 17.3 Å². The van der Waals surface area contributed by atoms with E-state index in [1.807, 2.05) is 20.8 Å². The molecule has 0 aromatic heterocycles. The highest BCUT2D eigenvalue weighted by atomic mass is 16.3. The first kappa shape index (κ1) is 31.0. The maximum atomic E-state index is 14.1. The van der Waals surface area contributed by atoms with Gasteiger partial charge in [-0.05, 0) is 56.3 Å². The van der Waals surface area contributed by atoms with E-state index in [2.05, 4.69) is 5.32 Å². The zero-order chi connectivity index (χ0) is 31.6. The smallest absolute Gasteiger partial charge is 0.255 e. The first-order chi connectivity index (χ1) is 19.3. The summed E-state index contributed by atoms with van der Waals surface area (Å²) in [6, 6.07) is 0.443. The van der Waals surface area contributed by atoms with E-state index in [0.717, 1.165) is 0 Å². The molecule has 0 heterocycles. The highest BCUT2D eigenvalue weighted by Gasteiger charge is 2.64. The zero-order valence-corrected chi connectivity index (χ0v) is 25.0. The maximum absolute atomic E-state index is 14.1. The lowest BCUT2D eigenvalue weighted by molar-refractivity contribution is -0.153. The van der Waals surface area contributed by atoms with Gasteiger partial charge in [-0.25, -0.2) is 0 Å². The molecule has 0 saturated heterocycles. The van der Waals surface area contributed by atoms with Crippen LogP contribution in [0.2, 0.25) is 0 Å². The Labute approximate surface area is 244 Å². The largest absolute Gasteiger partial charge is 0.508 e. The van der Waals surface area contributed by atoms with Crippen molar-refractivity contribution in [2.75, 3.05) is 38.4 Å². The molecule has 0 aliphatic heterocycles. The molecular formula is C30H40N4O8. The molecule has 1 saturated carbocycles. The van der Waals surface area contributed by atoms with Crippen molar-refractivity contribution in [3.05, 3.63) is 34.1 Å². The molecule has 3 aliphatic rings. The number of Topliss-reactive ketones (excluding diaryl/α,β-unsaturated/α-hetero) is 2. The fraction of sp³-hybridized carbons (Fsp3) is 0.533. The molecule has 4 rings (SSSR count). The molecule has 4 atom stereocenters. The van der Waals surface area contributed by atoms with E-state index in [1.165, 1.54) is 4.90 Å². The minimum Gasteiger partial charge on any atom is -0.508 e. The Balaban J connectivity index is 1.89. The molecule has 1 aromatic rings. The summed E-state index contributed by atoms with van der Waals surface area (Å²) >= 11 is 0. The van der Waals surface area contributed by atoms with Crippen molar-refractivity contribution < 1.29 is 39.6 Å². The number of hydrogen-bond acceptors (Lipinski definition) is 10. The Morgan fingerprint density at radius 3 is 2.26 bits per heavy atom. The fourth-order valence-electron chi connectivity index (χ4n) is 6.49. The number of carbonyl (C=O) groups excluding carboxylic acids is 4.